The van der Waals surface area contributed by atoms with Gasteiger partial charge >= 0.3 is 0 Å². The summed E-state index contributed by atoms with van der Waals surface area (Å²) >= 11 is 0. The summed E-state index contributed by atoms with van der Waals surface area (Å²) < 4.78 is 54.1. The van der Waals surface area contributed by atoms with Gasteiger partial charge in [-0.1, -0.05) is 26.0 Å². The monoisotopic (exact) mass is 479 g/mol. The van der Waals surface area contributed by atoms with Gasteiger partial charge in [0.15, 0.2) is 0 Å². The van der Waals surface area contributed by atoms with Crippen molar-refractivity contribution in [3.05, 3.63) is 53.6 Å². The molecule has 0 aliphatic carbocycles. The van der Waals surface area contributed by atoms with Crippen molar-refractivity contribution < 1.29 is 21.6 Å². The highest BCUT2D eigenvalue weighted by atomic mass is 32.2. The molecule has 1 heterocycles. The number of anilines is 1. The molecule has 0 spiro atoms. The van der Waals surface area contributed by atoms with Crippen molar-refractivity contribution >= 4 is 31.6 Å². The van der Waals surface area contributed by atoms with Crippen LogP contribution in [-0.4, -0.2) is 57.5 Å². The van der Waals surface area contributed by atoms with E-state index in [4.69, 9.17) is 0 Å². The van der Waals surface area contributed by atoms with E-state index in [-0.39, 0.29) is 15.4 Å². The third-order valence-corrected chi connectivity index (χ3v) is 9.53. The SMILES string of the molecule is CCN(CC)S(=O)(=O)c1ccc(C)c(C(=O)Nc2cccc(S(=O)(=O)N3CCCC3)c2)c1. The second-order valence-corrected chi connectivity index (χ2v) is 11.5. The number of hydrogen-bond acceptors (Lipinski definition) is 5. The summed E-state index contributed by atoms with van der Waals surface area (Å²) in [7, 11) is -7.33. The van der Waals surface area contributed by atoms with Crippen LogP contribution in [0.4, 0.5) is 5.69 Å². The highest BCUT2D eigenvalue weighted by Crippen LogP contribution is 2.24. The number of sulfonamides is 2. The third kappa shape index (κ3) is 4.88. The molecule has 1 fully saturated rings. The van der Waals surface area contributed by atoms with Gasteiger partial charge in [0.1, 0.15) is 0 Å². The van der Waals surface area contributed by atoms with Gasteiger partial charge in [-0.3, -0.25) is 4.79 Å². The van der Waals surface area contributed by atoms with Crippen molar-refractivity contribution in [2.24, 2.45) is 0 Å². The fourth-order valence-corrected chi connectivity index (χ4v) is 6.78. The lowest BCUT2D eigenvalue weighted by Gasteiger charge is -2.19. The Morgan fingerprint density at radius 2 is 1.62 bits per heavy atom. The van der Waals surface area contributed by atoms with E-state index < -0.39 is 26.0 Å². The van der Waals surface area contributed by atoms with E-state index in [0.717, 1.165) is 12.8 Å². The van der Waals surface area contributed by atoms with Gasteiger partial charge in [0.2, 0.25) is 20.0 Å². The molecule has 8 nitrogen and oxygen atoms in total. The lowest BCUT2D eigenvalue weighted by Crippen LogP contribution is -2.30. The molecule has 1 amide bonds. The maximum Gasteiger partial charge on any atom is 0.255 e. The molecule has 0 aromatic heterocycles. The molecule has 0 radical (unpaired) electrons. The molecule has 0 unspecified atom stereocenters. The van der Waals surface area contributed by atoms with Gasteiger partial charge < -0.3 is 5.32 Å². The van der Waals surface area contributed by atoms with Crippen LogP contribution in [0.2, 0.25) is 0 Å². The van der Waals surface area contributed by atoms with Gasteiger partial charge in [-0.25, -0.2) is 16.8 Å². The Kier molecular flexibility index (Phi) is 7.39. The van der Waals surface area contributed by atoms with Crippen LogP contribution in [0, 0.1) is 6.92 Å². The van der Waals surface area contributed by atoms with Crippen molar-refractivity contribution in [1.29, 1.82) is 0 Å². The van der Waals surface area contributed by atoms with E-state index in [0.29, 0.717) is 37.4 Å². The van der Waals surface area contributed by atoms with Gasteiger partial charge in [0.25, 0.3) is 5.91 Å². The molecule has 1 aliphatic heterocycles. The summed E-state index contributed by atoms with van der Waals surface area (Å²) in [6.07, 6.45) is 1.67. The molecule has 1 saturated heterocycles. The molecule has 2 aromatic rings. The van der Waals surface area contributed by atoms with Crippen LogP contribution in [0.25, 0.3) is 0 Å². The first-order valence-electron chi connectivity index (χ1n) is 10.6. The van der Waals surface area contributed by atoms with Gasteiger partial charge in [-0.05, 0) is 55.7 Å². The minimum atomic E-state index is -3.71. The second-order valence-electron chi connectivity index (χ2n) is 7.66. The van der Waals surface area contributed by atoms with Crippen LogP contribution in [-0.2, 0) is 20.0 Å². The Morgan fingerprint density at radius 1 is 0.969 bits per heavy atom. The Balaban J connectivity index is 1.88. The normalized spacial score (nSPS) is 15.2. The van der Waals surface area contributed by atoms with Gasteiger partial charge in [0, 0.05) is 37.4 Å². The van der Waals surface area contributed by atoms with Gasteiger partial charge in [-0.2, -0.15) is 8.61 Å². The zero-order valence-corrected chi connectivity index (χ0v) is 20.2. The van der Waals surface area contributed by atoms with Gasteiger partial charge in [-0.15, -0.1) is 0 Å². The molecule has 2 aromatic carbocycles. The van der Waals surface area contributed by atoms with Crippen molar-refractivity contribution in [2.45, 2.75) is 43.4 Å². The topological polar surface area (TPSA) is 104 Å². The Morgan fingerprint density at radius 3 is 2.25 bits per heavy atom. The maximum absolute atomic E-state index is 13.0. The molecule has 0 bridgehead atoms. The van der Waals surface area contributed by atoms with Crippen molar-refractivity contribution in [2.75, 3.05) is 31.5 Å². The van der Waals surface area contributed by atoms with E-state index in [9.17, 15) is 21.6 Å². The predicted octanol–water partition coefficient (Wildman–Crippen LogP) is 3.06. The molecular formula is C22H29N3O5S2. The number of nitrogens with zero attached hydrogens (tertiary/aromatic N) is 2. The van der Waals surface area contributed by atoms with Crippen molar-refractivity contribution in [3.63, 3.8) is 0 Å². The van der Waals surface area contributed by atoms with Crippen LogP contribution in [0.5, 0.6) is 0 Å². The molecule has 174 valence electrons. The summed E-state index contributed by atoms with van der Waals surface area (Å²) in [5.41, 5.74) is 1.15. The Hall–Kier alpha value is -2.27. The molecule has 0 saturated carbocycles. The van der Waals surface area contributed by atoms with Gasteiger partial charge in [0.05, 0.1) is 9.79 Å². The second kappa shape index (κ2) is 9.70. The maximum atomic E-state index is 13.0. The van der Waals surface area contributed by atoms with E-state index >= 15 is 0 Å². The van der Waals surface area contributed by atoms with E-state index in [1.165, 1.54) is 32.9 Å². The Bertz CT molecular complexity index is 1200. The number of carbonyl (C=O) groups excluding carboxylic acids is 1. The molecule has 10 heteroatoms. The number of amides is 1. The molecular weight excluding hydrogens is 450 g/mol. The standard InChI is InChI=1S/C22H29N3O5S2/c1-4-24(5-2)31(27,28)20-12-11-17(3)21(16-20)22(26)23-18-9-8-10-19(15-18)32(29,30)25-13-6-7-14-25/h8-12,15-16H,4-7,13-14H2,1-3H3,(H,23,26). The Labute approximate surface area is 190 Å². The number of rotatable bonds is 8. The average Bonchev–Trinajstić information content (AvgIpc) is 3.30. The molecule has 0 atom stereocenters. The van der Waals surface area contributed by atoms with Crippen LogP contribution >= 0.6 is 0 Å². The van der Waals surface area contributed by atoms with Crippen LogP contribution in [0.15, 0.2) is 52.3 Å². The molecule has 1 aliphatic rings. The van der Waals surface area contributed by atoms with Crippen molar-refractivity contribution in [3.8, 4) is 0 Å². The minimum Gasteiger partial charge on any atom is -0.322 e. The first-order valence-corrected chi connectivity index (χ1v) is 13.5. The minimum absolute atomic E-state index is 0.0438. The zero-order chi connectivity index (χ0) is 23.5. The molecule has 1 N–H and O–H groups in total. The highest BCUT2D eigenvalue weighted by molar-refractivity contribution is 7.89. The quantitative estimate of drug-likeness (QED) is 0.627. The number of nitrogens with one attached hydrogen (secondary N) is 1. The van der Waals surface area contributed by atoms with E-state index in [2.05, 4.69) is 5.32 Å². The third-order valence-electron chi connectivity index (χ3n) is 5.59. The smallest absolute Gasteiger partial charge is 0.255 e. The molecule has 32 heavy (non-hydrogen) atoms. The first kappa shape index (κ1) is 24.4. The lowest BCUT2D eigenvalue weighted by atomic mass is 10.1. The molecule has 3 rings (SSSR count). The predicted molar refractivity (Wildman–Crippen MR) is 124 cm³/mol. The number of benzene rings is 2. The zero-order valence-electron chi connectivity index (χ0n) is 18.5. The summed E-state index contributed by atoms with van der Waals surface area (Å²) in [5.74, 6) is -0.505. The fraction of sp³-hybridized carbons (Fsp3) is 0.409. The number of carbonyl (C=O) groups is 1. The largest absolute Gasteiger partial charge is 0.322 e. The average molecular weight is 480 g/mol. The van der Waals surface area contributed by atoms with Crippen molar-refractivity contribution in [1.82, 2.24) is 8.61 Å². The highest BCUT2D eigenvalue weighted by Gasteiger charge is 2.27. The van der Waals surface area contributed by atoms with Crippen LogP contribution in [0.3, 0.4) is 0 Å². The summed E-state index contributed by atoms with van der Waals surface area (Å²) in [5, 5.41) is 2.71. The number of aryl methyl sites for hydroxylation is 1. The number of hydrogen-bond donors (Lipinski definition) is 1. The van der Waals surface area contributed by atoms with Crippen LogP contribution < -0.4 is 5.32 Å². The fourth-order valence-electron chi connectivity index (χ4n) is 3.73. The van der Waals surface area contributed by atoms with E-state index in [1.54, 1.807) is 39.0 Å². The summed E-state index contributed by atoms with van der Waals surface area (Å²) in [4.78, 5) is 13.1. The summed E-state index contributed by atoms with van der Waals surface area (Å²) in [6, 6.07) is 10.6. The van der Waals surface area contributed by atoms with E-state index in [1.807, 2.05) is 0 Å². The first-order chi connectivity index (χ1) is 15.1. The van der Waals surface area contributed by atoms with Crippen LogP contribution in [0.1, 0.15) is 42.6 Å². The summed E-state index contributed by atoms with van der Waals surface area (Å²) in [6.45, 7) is 6.87. The lowest BCUT2D eigenvalue weighted by molar-refractivity contribution is 0.102.